The van der Waals surface area contributed by atoms with Crippen LogP contribution in [-0.2, 0) is 0 Å². The van der Waals surface area contributed by atoms with Crippen molar-refractivity contribution in [1.82, 2.24) is 14.5 Å². The van der Waals surface area contributed by atoms with Gasteiger partial charge in [0.15, 0.2) is 0 Å². The Morgan fingerprint density at radius 1 is 1.06 bits per heavy atom. The first-order chi connectivity index (χ1) is 8.75. The molecule has 0 aliphatic carbocycles. The lowest BCUT2D eigenvalue weighted by atomic mass is 10.2. The van der Waals surface area contributed by atoms with Crippen LogP contribution < -0.4 is 5.56 Å². The fourth-order valence-corrected chi connectivity index (χ4v) is 1.82. The van der Waals surface area contributed by atoms with Crippen molar-refractivity contribution in [3.63, 3.8) is 0 Å². The monoisotopic (exact) mass is 241 g/mol. The van der Waals surface area contributed by atoms with Crippen LogP contribution in [-0.4, -0.2) is 14.5 Å². The summed E-state index contributed by atoms with van der Waals surface area (Å²) in [4.78, 5) is 19.7. The number of aromatic nitrogens is 3. The molecule has 0 aliphatic rings. The third-order valence-corrected chi connectivity index (χ3v) is 2.62. The summed E-state index contributed by atoms with van der Waals surface area (Å²) in [5.74, 6) is -0.583. The predicted octanol–water partition coefficient (Wildman–Crippen LogP) is 1.92. The van der Waals surface area contributed by atoms with Gasteiger partial charge in [0.05, 0.1) is 11.9 Å². The normalized spacial score (nSPS) is 10.7. The van der Waals surface area contributed by atoms with Crippen LogP contribution in [0.2, 0.25) is 0 Å². The van der Waals surface area contributed by atoms with Crippen LogP contribution in [0.15, 0.2) is 53.6 Å². The number of rotatable bonds is 1. The quantitative estimate of drug-likeness (QED) is 0.611. The van der Waals surface area contributed by atoms with Gasteiger partial charge in [-0.2, -0.15) is 4.39 Å². The summed E-state index contributed by atoms with van der Waals surface area (Å²) >= 11 is 0. The second kappa shape index (κ2) is 4.03. The minimum atomic E-state index is -0.583. The lowest BCUT2D eigenvalue weighted by Gasteiger charge is -2.08. The molecule has 0 bridgehead atoms. The standard InChI is InChI=1S/C13H8FN3O/c14-11-5-4-10(8-16-11)17-12(18)6-3-9-2-1-7-15-13(9)17/h1-8H. The number of nitrogens with zero attached hydrogens (tertiary/aromatic N) is 3. The molecule has 0 radical (unpaired) electrons. The van der Waals surface area contributed by atoms with Crippen LogP contribution >= 0.6 is 0 Å². The van der Waals surface area contributed by atoms with E-state index >= 15 is 0 Å². The van der Waals surface area contributed by atoms with E-state index in [0.29, 0.717) is 11.3 Å². The highest BCUT2D eigenvalue weighted by Gasteiger charge is 2.06. The zero-order chi connectivity index (χ0) is 12.5. The summed E-state index contributed by atoms with van der Waals surface area (Å²) in [6.07, 6.45) is 2.92. The molecule has 4 nitrogen and oxygen atoms in total. The molecule has 3 aromatic heterocycles. The van der Waals surface area contributed by atoms with Gasteiger partial charge in [0.2, 0.25) is 5.95 Å². The number of hydrogen-bond donors (Lipinski definition) is 0. The average molecular weight is 241 g/mol. The van der Waals surface area contributed by atoms with Gasteiger partial charge >= 0.3 is 0 Å². The summed E-state index contributed by atoms with van der Waals surface area (Å²) < 4.78 is 14.2. The van der Waals surface area contributed by atoms with Gasteiger partial charge in [-0.3, -0.25) is 9.36 Å². The fourth-order valence-electron chi connectivity index (χ4n) is 1.82. The summed E-state index contributed by atoms with van der Waals surface area (Å²) in [5.41, 5.74) is 0.790. The van der Waals surface area contributed by atoms with Gasteiger partial charge in [0, 0.05) is 17.6 Å². The zero-order valence-corrected chi connectivity index (χ0v) is 9.25. The van der Waals surface area contributed by atoms with E-state index < -0.39 is 5.95 Å². The van der Waals surface area contributed by atoms with Gasteiger partial charge in [0.25, 0.3) is 5.56 Å². The third kappa shape index (κ3) is 1.66. The molecule has 3 rings (SSSR count). The van der Waals surface area contributed by atoms with E-state index in [0.717, 1.165) is 5.39 Å². The molecule has 0 unspecified atom stereocenters. The van der Waals surface area contributed by atoms with Gasteiger partial charge < -0.3 is 0 Å². The molecule has 0 N–H and O–H groups in total. The van der Waals surface area contributed by atoms with Crippen molar-refractivity contribution in [1.29, 1.82) is 0 Å². The molecule has 0 atom stereocenters. The van der Waals surface area contributed by atoms with Crippen molar-refractivity contribution >= 4 is 11.0 Å². The molecule has 0 spiro atoms. The van der Waals surface area contributed by atoms with Crippen LogP contribution in [0.4, 0.5) is 4.39 Å². The zero-order valence-electron chi connectivity index (χ0n) is 9.25. The summed E-state index contributed by atoms with van der Waals surface area (Å²) in [6, 6.07) is 9.52. The van der Waals surface area contributed by atoms with E-state index in [2.05, 4.69) is 9.97 Å². The van der Waals surface area contributed by atoms with E-state index in [1.54, 1.807) is 18.3 Å². The van der Waals surface area contributed by atoms with Crippen LogP contribution in [0.25, 0.3) is 16.7 Å². The van der Waals surface area contributed by atoms with E-state index in [4.69, 9.17) is 0 Å². The molecule has 0 saturated carbocycles. The predicted molar refractivity (Wildman–Crippen MR) is 65.1 cm³/mol. The Kier molecular flexibility index (Phi) is 2.37. The molecule has 5 heteroatoms. The van der Waals surface area contributed by atoms with Crippen molar-refractivity contribution in [3.8, 4) is 5.69 Å². The first-order valence-corrected chi connectivity index (χ1v) is 5.34. The summed E-state index contributed by atoms with van der Waals surface area (Å²) in [6.45, 7) is 0. The van der Waals surface area contributed by atoms with Gasteiger partial charge in [-0.1, -0.05) is 0 Å². The van der Waals surface area contributed by atoms with Gasteiger partial charge in [-0.15, -0.1) is 0 Å². The molecule has 3 aromatic rings. The minimum Gasteiger partial charge on any atom is -0.269 e. The van der Waals surface area contributed by atoms with Crippen molar-refractivity contribution in [2.24, 2.45) is 0 Å². The van der Waals surface area contributed by atoms with E-state index in [1.165, 1.54) is 29.0 Å². The fraction of sp³-hybridized carbons (Fsp3) is 0. The van der Waals surface area contributed by atoms with E-state index in [9.17, 15) is 9.18 Å². The molecule has 0 amide bonds. The molecule has 3 heterocycles. The highest BCUT2D eigenvalue weighted by molar-refractivity contribution is 5.76. The Labute approximate surface area is 101 Å². The Bertz CT molecular complexity index is 765. The highest BCUT2D eigenvalue weighted by Crippen LogP contribution is 2.13. The Morgan fingerprint density at radius 2 is 1.94 bits per heavy atom. The second-order valence-corrected chi connectivity index (χ2v) is 3.76. The maximum absolute atomic E-state index is 12.8. The number of fused-ring (bicyclic) bond motifs is 1. The van der Waals surface area contributed by atoms with Gasteiger partial charge in [0.1, 0.15) is 5.65 Å². The Hall–Kier alpha value is -2.56. The van der Waals surface area contributed by atoms with Crippen molar-refractivity contribution in [2.75, 3.05) is 0 Å². The number of halogens is 1. The second-order valence-electron chi connectivity index (χ2n) is 3.76. The highest BCUT2D eigenvalue weighted by atomic mass is 19.1. The van der Waals surface area contributed by atoms with Gasteiger partial charge in [-0.25, -0.2) is 9.97 Å². The molecule has 0 fully saturated rings. The van der Waals surface area contributed by atoms with Crippen LogP contribution in [0.3, 0.4) is 0 Å². The lowest BCUT2D eigenvalue weighted by Crippen LogP contribution is -2.18. The molecule has 0 aliphatic heterocycles. The lowest BCUT2D eigenvalue weighted by molar-refractivity contribution is 0.583. The topological polar surface area (TPSA) is 47.8 Å². The minimum absolute atomic E-state index is 0.227. The first kappa shape index (κ1) is 10.6. The first-order valence-electron chi connectivity index (χ1n) is 5.34. The molecule has 0 aromatic carbocycles. The van der Waals surface area contributed by atoms with Crippen LogP contribution in [0, 0.1) is 5.95 Å². The Balaban J connectivity index is 2.37. The smallest absolute Gasteiger partial charge is 0.256 e. The molecular weight excluding hydrogens is 233 g/mol. The van der Waals surface area contributed by atoms with Crippen molar-refractivity contribution in [3.05, 3.63) is 65.1 Å². The number of pyridine rings is 3. The maximum Gasteiger partial charge on any atom is 0.256 e. The Morgan fingerprint density at radius 3 is 2.72 bits per heavy atom. The SMILES string of the molecule is O=c1ccc2cccnc2n1-c1ccc(F)nc1. The van der Waals surface area contributed by atoms with Crippen molar-refractivity contribution in [2.45, 2.75) is 0 Å². The van der Waals surface area contributed by atoms with Crippen molar-refractivity contribution < 1.29 is 4.39 Å². The number of hydrogen-bond acceptors (Lipinski definition) is 3. The van der Waals surface area contributed by atoms with Gasteiger partial charge in [-0.05, 0) is 30.3 Å². The van der Waals surface area contributed by atoms with Crippen LogP contribution in [0.1, 0.15) is 0 Å². The summed E-state index contributed by atoms with van der Waals surface area (Å²) in [5, 5.41) is 0.835. The third-order valence-electron chi connectivity index (χ3n) is 2.62. The van der Waals surface area contributed by atoms with E-state index in [-0.39, 0.29) is 5.56 Å². The average Bonchev–Trinajstić information content (AvgIpc) is 2.40. The maximum atomic E-state index is 12.8. The molecule has 88 valence electrons. The van der Waals surface area contributed by atoms with E-state index in [1.807, 2.05) is 6.07 Å². The largest absolute Gasteiger partial charge is 0.269 e. The molecular formula is C13H8FN3O. The summed E-state index contributed by atoms with van der Waals surface area (Å²) in [7, 11) is 0. The molecule has 0 saturated heterocycles. The van der Waals surface area contributed by atoms with Crippen LogP contribution in [0.5, 0.6) is 0 Å². The molecule has 18 heavy (non-hydrogen) atoms.